The molecule has 0 bridgehead atoms. The highest BCUT2D eigenvalue weighted by Gasteiger charge is 2.29. The summed E-state index contributed by atoms with van der Waals surface area (Å²) in [5.74, 6) is -0.412. The van der Waals surface area contributed by atoms with E-state index in [0.29, 0.717) is 16.4 Å². The molecule has 1 N–H and O–H groups in total. The highest BCUT2D eigenvalue weighted by Crippen LogP contribution is 2.27. The molecule has 140 valence electrons. The SMILES string of the molecule is Cc1ccc(N(C(C)C(=O)Nc2c(C)cccc2C)S(C)(=O)=O)cc1Cl. The first-order valence-electron chi connectivity index (χ1n) is 8.15. The van der Waals surface area contributed by atoms with Crippen LogP contribution in [-0.2, 0) is 14.8 Å². The Morgan fingerprint density at radius 3 is 2.15 bits per heavy atom. The zero-order chi connectivity index (χ0) is 19.6. The molecule has 0 fully saturated rings. The molecule has 0 aliphatic carbocycles. The number of anilines is 2. The summed E-state index contributed by atoms with van der Waals surface area (Å²) in [5, 5.41) is 3.29. The summed E-state index contributed by atoms with van der Waals surface area (Å²) in [5.41, 5.74) is 3.70. The molecule has 7 heteroatoms. The smallest absolute Gasteiger partial charge is 0.248 e. The standard InChI is InChI=1S/C19H23ClN2O3S/c1-12-9-10-16(11-17(12)20)22(26(5,24)25)15(4)19(23)21-18-13(2)7-6-8-14(18)3/h6-11,15H,1-5H3,(H,21,23). The molecule has 0 saturated heterocycles. The van der Waals surface area contributed by atoms with E-state index in [1.807, 2.05) is 39.0 Å². The molecule has 0 saturated carbocycles. The van der Waals surface area contributed by atoms with Crippen LogP contribution in [0, 0.1) is 20.8 Å². The minimum atomic E-state index is -3.69. The molecule has 1 unspecified atom stereocenters. The second kappa shape index (κ2) is 7.68. The maximum Gasteiger partial charge on any atom is 0.248 e. The van der Waals surface area contributed by atoms with Crippen molar-refractivity contribution in [1.29, 1.82) is 0 Å². The number of amides is 1. The molecule has 1 atom stereocenters. The van der Waals surface area contributed by atoms with E-state index in [9.17, 15) is 13.2 Å². The molecule has 26 heavy (non-hydrogen) atoms. The summed E-state index contributed by atoms with van der Waals surface area (Å²) in [6.45, 7) is 7.16. The van der Waals surface area contributed by atoms with E-state index in [1.54, 1.807) is 25.1 Å². The lowest BCUT2D eigenvalue weighted by Crippen LogP contribution is -2.45. The van der Waals surface area contributed by atoms with Crippen LogP contribution in [0.2, 0.25) is 5.02 Å². The minimum absolute atomic E-state index is 0.354. The molecule has 2 aromatic carbocycles. The largest absolute Gasteiger partial charge is 0.324 e. The third-order valence-electron chi connectivity index (χ3n) is 4.23. The summed E-state index contributed by atoms with van der Waals surface area (Å²) < 4.78 is 25.8. The van der Waals surface area contributed by atoms with Crippen molar-refractivity contribution >= 4 is 38.9 Å². The fourth-order valence-corrected chi connectivity index (χ4v) is 4.11. The van der Waals surface area contributed by atoms with Crippen molar-refractivity contribution in [3.63, 3.8) is 0 Å². The van der Waals surface area contributed by atoms with Gasteiger partial charge >= 0.3 is 0 Å². The van der Waals surface area contributed by atoms with E-state index >= 15 is 0 Å². The monoisotopic (exact) mass is 394 g/mol. The number of aryl methyl sites for hydroxylation is 3. The average molecular weight is 395 g/mol. The molecular formula is C19H23ClN2O3S. The molecule has 0 spiro atoms. The van der Waals surface area contributed by atoms with Gasteiger partial charge in [-0.15, -0.1) is 0 Å². The van der Waals surface area contributed by atoms with Crippen LogP contribution in [-0.4, -0.2) is 26.6 Å². The average Bonchev–Trinajstić information content (AvgIpc) is 2.53. The number of carbonyl (C=O) groups excluding carboxylic acids is 1. The van der Waals surface area contributed by atoms with E-state index in [0.717, 1.165) is 27.3 Å². The van der Waals surface area contributed by atoms with Crippen molar-refractivity contribution < 1.29 is 13.2 Å². The van der Waals surface area contributed by atoms with Gasteiger partial charge in [-0.05, 0) is 56.5 Å². The first-order valence-corrected chi connectivity index (χ1v) is 10.4. The number of sulfonamides is 1. The minimum Gasteiger partial charge on any atom is -0.324 e. The van der Waals surface area contributed by atoms with E-state index < -0.39 is 22.0 Å². The summed E-state index contributed by atoms with van der Waals surface area (Å²) >= 11 is 6.14. The fourth-order valence-electron chi connectivity index (χ4n) is 2.77. The topological polar surface area (TPSA) is 66.5 Å². The maximum atomic E-state index is 12.8. The predicted octanol–water partition coefficient (Wildman–Crippen LogP) is 4.06. The second-order valence-corrected chi connectivity index (χ2v) is 8.69. The Kier molecular flexibility index (Phi) is 5.98. The highest BCUT2D eigenvalue weighted by molar-refractivity contribution is 7.92. The molecule has 0 aliphatic rings. The van der Waals surface area contributed by atoms with Crippen LogP contribution in [0.1, 0.15) is 23.6 Å². The van der Waals surface area contributed by atoms with Gasteiger partial charge in [0.25, 0.3) is 0 Å². The number of nitrogens with zero attached hydrogens (tertiary/aromatic N) is 1. The van der Waals surface area contributed by atoms with Crippen LogP contribution in [0.3, 0.4) is 0 Å². The molecular weight excluding hydrogens is 372 g/mol. The van der Waals surface area contributed by atoms with E-state index in [-0.39, 0.29) is 0 Å². The Bertz CT molecular complexity index is 922. The number of hydrogen-bond donors (Lipinski definition) is 1. The fraction of sp³-hybridized carbons (Fsp3) is 0.316. The molecule has 1 amide bonds. The van der Waals surface area contributed by atoms with Gasteiger partial charge in [-0.3, -0.25) is 9.10 Å². The Morgan fingerprint density at radius 1 is 1.08 bits per heavy atom. The number of benzene rings is 2. The van der Waals surface area contributed by atoms with Gasteiger partial charge in [-0.25, -0.2) is 8.42 Å². The molecule has 0 heterocycles. The Balaban J connectivity index is 2.39. The Hall–Kier alpha value is -2.05. The van der Waals surface area contributed by atoms with Crippen LogP contribution in [0.15, 0.2) is 36.4 Å². The molecule has 0 radical (unpaired) electrons. The third-order valence-corrected chi connectivity index (χ3v) is 5.88. The van der Waals surface area contributed by atoms with Crippen LogP contribution in [0.5, 0.6) is 0 Å². The number of carbonyl (C=O) groups is 1. The van der Waals surface area contributed by atoms with Gasteiger partial charge in [-0.1, -0.05) is 35.9 Å². The van der Waals surface area contributed by atoms with Gasteiger partial charge in [-0.2, -0.15) is 0 Å². The van der Waals surface area contributed by atoms with Crippen molar-refractivity contribution in [3.8, 4) is 0 Å². The quantitative estimate of drug-likeness (QED) is 0.831. The zero-order valence-electron chi connectivity index (χ0n) is 15.5. The van der Waals surface area contributed by atoms with E-state index in [2.05, 4.69) is 5.32 Å². The van der Waals surface area contributed by atoms with Gasteiger partial charge in [0.05, 0.1) is 11.9 Å². The normalized spacial score (nSPS) is 12.5. The van der Waals surface area contributed by atoms with E-state index in [1.165, 1.54) is 0 Å². The van der Waals surface area contributed by atoms with Crippen molar-refractivity contribution in [2.75, 3.05) is 15.9 Å². The van der Waals surface area contributed by atoms with Gasteiger partial charge in [0.1, 0.15) is 6.04 Å². The van der Waals surface area contributed by atoms with Crippen molar-refractivity contribution in [2.24, 2.45) is 0 Å². The van der Waals surface area contributed by atoms with Gasteiger partial charge in [0.2, 0.25) is 15.9 Å². The lowest BCUT2D eigenvalue weighted by atomic mass is 10.1. The molecule has 2 aromatic rings. The predicted molar refractivity (Wildman–Crippen MR) is 108 cm³/mol. The number of para-hydroxylation sites is 1. The Labute approximate surface area is 160 Å². The summed E-state index contributed by atoms with van der Waals surface area (Å²) in [7, 11) is -3.69. The summed E-state index contributed by atoms with van der Waals surface area (Å²) in [4.78, 5) is 12.8. The molecule has 0 aliphatic heterocycles. The lowest BCUT2D eigenvalue weighted by molar-refractivity contribution is -0.116. The highest BCUT2D eigenvalue weighted by atomic mass is 35.5. The molecule has 0 aromatic heterocycles. The van der Waals surface area contributed by atoms with Crippen molar-refractivity contribution in [3.05, 3.63) is 58.1 Å². The summed E-state index contributed by atoms with van der Waals surface area (Å²) in [6.07, 6.45) is 1.07. The Morgan fingerprint density at radius 2 is 1.65 bits per heavy atom. The van der Waals surface area contributed by atoms with Crippen LogP contribution < -0.4 is 9.62 Å². The van der Waals surface area contributed by atoms with Gasteiger partial charge in [0.15, 0.2) is 0 Å². The zero-order valence-corrected chi connectivity index (χ0v) is 17.1. The number of halogens is 1. The van der Waals surface area contributed by atoms with Gasteiger partial charge < -0.3 is 5.32 Å². The van der Waals surface area contributed by atoms with Crippen LogP contribution >= 0.6 is 11.6 Å². The number of hydrogen-bond acceptors (Lipinski definition) is 3. The maximum absolute atomic E-state index is 12.8. The van der Waals surface area contributed by atoms with Crippen molar-refractivity contribution in [2.45, 2.75) is 33.7 Å². The van der Waals surface area contributed by atoms with Crippen LogP contribution in [0.25, 0.3) is 0 Å². The lowest BCUT2D eigenvalue weighted by Gasteiger charge is -2.29. The summed E-state index contributed by atoms with van der Waals surface area (Å²) in [6, 6.07) is 9.67. The van der Waals surface area contributed by atoms with Crippen LogP contribution in [0.4, 0.5) is 11.4 Å². The number of nitrogens with one attached hydrogen (secondary N) is 1. The number of rotatable bonds is 5. The first kappa shape index (κ1) is 20.3. The van der Waals surface area contributed by atoms with Crippen molar-refractivity contribution in [1.82, 2.24) is 0 Å². The van der Waals surface area contributed by atoms with E-state index in [4.69, 9.17) is 11.6 Å². The first-order chi connectivity index (χ1) is 12.0. The second-order valence-electron chi connectivity index (χ2n) is 6.42. The molecule has 2 rings (SSSR count). The third kappa shape index (κ3) is 4.37. The van der Waals surface area contributed by atoms with Gasteiger partial charge in [0, 0.05) is 10.7 Å². The molecule has 5 nitrogen and oxygen atoms in total.